The van der Waals surface area contributed by atoms with E-state index in [1.54, 1.807) is 0 Å². The van der Waals surface area contributed by atoms with Crippen molar-refractivity contribution in [3.05, 3.63) is 35.9 Å². The first-order valence-corrected chi connectivity index (χ1v) is 11.3. The zero-order valence-electron chi connectivity index (χ0n) is 18.8. The zero-order chi connectivity index (χ0) is 24.8. The molecule has 3 amide bonds. The third kappa shape index (κ3) is 5.90. The molecule has 2 aliphatic heterocycles. The lowest BCUT2D eigenvalue weighted by Crippen LogP contribution is -2.56. The van der Waals surface area contributed by atoms with E-state index in [2.05, 4.69) is 5.32 Å². The van der Waals surface area contributed by atoms with Gasteiger partial charge in [-0.1, -0.05) is 30.3 Å². The number of carbonyl (C=O) groups excluding carboxylic acids is 3. The summed E-state index contributed by atoms with van der Waals surface area (Å²) in [6.07, 6.45) is 1.51. The molecule has 1 aromatic rings. The maximum absolute atomic E-state index is 13.4. The van der Waals surface area contributed by atoms with Crippen molar-refractivity contribution in [1.82, 2.24) is 15.1 Å². The van der Waals surface area contributed by atoms with Crippen molar-refractivity contribution in [2.45, 2.75) is 62.7 Å². The van der Waals surface area contributed by atoms with Crippen LogP contribution in [0.1, 0.15) is 37.7 Å². The van der Waals surface area contributed by atoms with Crippen LogP contribution in [0, 0.1) is 0 Å². The molecule has 5 N–H and O–H groups in total. The van der Waals surface area contributed by atoms with E-state index in [0.717, 1.165) is 5.56 Å². The second-order valence-corrected chi connectivity index (χ2v) is 8.67. The number of carbonyl (C=O) groups is 5. The maximum Gasteiger partial charge on any atom is 0.326 e. The summed E-state index contributed by atoms with van der Waals surface area (Å²) in [6.45, 7) is 0.685. The molecular weight excluding hydrogens is 444 g/mol. The molecule has 0 aromatic heterocycles. The van der Waals surface area contributed by atoms with Crippen molar-refractivity contribution >= 4 is 29.7 Å². The molecule has 4 unspecified atom stereocenters. The molecule has 4 atom stereocenters. The fourth-order valence-corrected chi connectivity index (χ4v) is 4.59. The highest BCUT2D eigenvalue weighted by Crippen LogP contribution is 2.26. The lowest BCUT2D eigenvalue weighted by atomic mass is 10.0. The Kier molecular flexibility index (Phi) is 8.21. The Morgan fingerprint density at radius 3 is 2.21 bits per heavy atom. The Morgan fingerprint density at radius 1 is 0.971 bits per heavy atom. The average Bonchev–Trinajstić information content (AvgIpc) is 3.48. The number of carboxylic acids is 2. The fourth-order valence-electron chi connectivity index (χ4n) is 4.59. The molecule has 0 bridgehead atoms. The summed E-state index contributed by atoms with van der Waals surface area (Å²) in [7, 11) is 0. The number of hydrogen-bond donors (Lipinski definition) is 4. The van der Waals surface area contributed by atoms with Crippen LogP contribution in [0.4, 0.5) is 0 Å². The minimum Gasteiger partial charge on any atom is -0.481 e. The van der Waals surface area contributed by atoms with Gasteiger partial charge in [-0.15, -0.1) is 0 Å². The van der Waals surface area contributed by atoms with Gasteiger partial charge in [0.1, 0.15) is 18.1 Å². The van der Waals surface area contributed by atoms with Gasteiger partial charge >= 0.3 is 11.9 Å². The molecular formula is C23H30N4O7. The normalized spacial score (nSPS) is 21.7. The van der Waals surface area contributed by atoms with Gasteiger partial charge in [0.15, 0.2) is 0 Å². The number of benzene rings is 1. The van der Waals surface area contributed by atoms with E-state index in [4.69, 9.17) is 10.8 Å². The lowest BCUT2D eigenvalue weighted by Gasteiger charge is -2.32. The molecule has 2 saturated heterocycles. The van der Waals surface area contributed by atoms with Crippen LogP contribution in [-0.4, -0.2) is 86.9 Å². The van der Waals surface area contributed by atoms with Crippen molar-refractivity contribution in [2.24, 2.45) is 5.73 Å². The van der Waals surface area contributed by atoms with Gasteiger partial charge in [-0.05, 0) is 37.7 Å². The first-order valence-electron chi connectivity index (χ1n) is 11.3. The Bertz CT molecular complexity index is 939. The van der Waals surface area contributed by atoms with Gasteiger partial charge in [-0.25, -0.2) is 4.79 Å². The number of likely N-dealkylation sites (tertiary alicyclic amines) is 2. The van der Waals surface area contributed by atoms with E-state index in [0.29, 0.717) is 45.2 Å². The van der Waals surface area contributed by atoms with Crippen LogP contribution in [0.3, 0.4) is 0 Å². The minimum absolute atomic E-state index is 0.294. The van der Waals surface area contributed by atoms with Crippen LogP contribution >= 0.6 is 0 Å². The Morgan fingerprint density at radius 2 is 1.59 bits per heavy atom. The van der Waals surface area contributed by atoms with Crippen molar-refractivity contribution in [3.63, 3.8) is 0 Å². The second kappa shape index (κ2) is 11.1. The number of rotatable bonds is 9. The summed E-state index contributed by atoms with van der Waals surface area (Å²) >= 11 is 0. The van der Waals surface area contributed by atoms with Crippen LogP contribution in [0.2, 0.25) is 0 Å². The van der Waals surface area contributed by atoms with E-state index < -0.39 is 48.4 Å². The maximum atomic E-state index is 13.4. The third-order valence-electron chi connectivity index (χ3n) is 6.27. The molecule has 3 rings (SSSR count). The standard InChI is InChI=1S/C23H30N4O7/c24-15(12-14-6-2-1-3-7-14)21(31)27-11-5-9-18(27)22(32)26-10-4-8-17(26)20(30)25-16(23(33)34)13-19(28)29/h1-3,6-7,15-18H,4-5,8-13,24H2,(H,25,30)(H,28,29)(H,33,34). The average molecular weight is 475 g/mol. The SMILES string of the molecule is NC(Cc1ccccc1)C(=O)N1CCCC1C(=O)N1CCCC1C(=O)NC(CC(=O)O)C(=O)O. The molecule has 11 nitrogen and oxygen atoms in total. The summed E-state index contributed by atoms with van der Waals surface area (Å²) < 4.78 is 0. The van der Waals surface area contributed by atoms with Crippen LogP contribution in [0.25, 0.3) is 0 Å². The number of amides is 3. The molecule has 0 radical (unpaired) electrons. The van der Waals surface area contributed by atoms with Gasteiger partial charge < -0.3 is 31.1 Å². The largest absolute Gasteiger partial charge is 0.481 e. The van der Waals surface area contributed by atoms with E-state index >= 15 is 0 Å². The topological polar surface area (TPSA) is 170 Å². The minimum atomic E-state index is -1.59. The molecule has 34 heavy (non-hydrogen) atoms. The molecule has 0 spiro atoms. The van der Waals surface area contributed by atoms with Crippen molar-refractivity contribution < 1.29 is 34.2 Å². The van der Waals surface area contributed by atoms with Gasteiger partial charge in [-0.3, -0.25) is 19.2 Å². The Hall–Kier alpha value is -3.47. The van der Waals surface area contributed by atoms with Gasteiger partial charge in [0.05, 0.1) is 12.5 Å². The van der Waals surface area contributed by atoms with Gasteiger partial charge in [-0.2, -0.15) is 0 Å². The zero-order valence-corrected chi connectivity index (χ0v) is 18.8. The van der Waals surface area contributed by atoms with E-state index in [9.17, 15) is 29.1 Å². The highest BCUT2D eigenvalue weighted by molar-refractivity contribution is 5.95. The number of nitrogens with one attached hydrogen (secondary N) is 1. The number of nitrogens with zero attached hydrogens (tertiary/aromatic N) is 2. The summed E-state index contributed by atoms with van der Waals surface area (Å²) in [5.74, 6) is -4.24. The number of carboxylic acid groups (broad SMARTS) is 2. The van der Waals surface area contributed by atoms with E-state index in [-0.39, 0.29) is 11.8 Å². The number of aliphatic carboxylic acids is 2. The van der Waals surface area contributed by atoms with Gasteiger partial charge in [0, 0.05) is 13.1 Å². The summed E-state index contributed by atoms with van der Waals surface area (Å²) in [5, 5.41) is 20.3. The van der Waals surface area contributed by atoms with Crippen molar-refractivity contribution in [3.8, 4) is 0 Å². The highest BCUT2D eigenvalue weighted by Gasteiger charge is 2.43. The summed E-state index contributed by atoms with van der Waals surface area (Å²) in [5.41, 5.74) is 7.07. The molecule has 0 saturated carbocycles. The first kappa shape index (κ1) is 25.2. The molecule has 1 aromatic carbocycles. The van der Waals surface area contributed by atoms with Crippen LogP contribution in [0.15, 0.2) is 30.3 Å². The Balaban J connectivity index is 1.66. The smallest absolute Gasteiger partial charge is 0.326 e. The molecule has 11 heteroatoms. The predicted octanol–water partition coefficient (Wildman–Crippen LogP) is -0.417. The first-order chi connectivity index (χ1) is 16.2. The quantitative estimate of drug-likeness (QED) is 0.374. The molecule has 2 fully saturated rings. The summed E-state index contributed by atoms with van der Waals surface area (Å²) in [6, 6.07) is 5.29. The van der Waals surface area contributed by atoms with Crippen molar-refractivity contribution in [1.29, 1.82) is 0 Å². The van der Waals surface area contributed by atoms with Crippen molar-refractivity contribution in [2.75, 3.05) is 13.1 Å². The molecule has 2 aliphatic rings. The lowest BCUT2D eigenvalue weighted by molar-refractivity contribution is -0.149. The molecule has 184 valence electrons. The predicted molar refractivity (Wildman–Crippen MR) is 119 cm³/mol. The molecule has 0 aliphatic carbocycles. The van der Waals surface area contributed by atoms with E-state index in [1.165, 1.54) is 9.80 Å². The molecule has 2 heterocycles. The van der Waals surface area contributed by atoms with Crippen LogP contribution in [0.5, 0.6) is 0 Å². The van der Waals surface area contributed by atoms with Crippen LogP contribution < -0.4 is 11.1 Å². The summed E-state index contributed by atoms with van der Waals surface area (Å²) in [4.78, 5) is 64.2. The van der Waals surface area contributed by atoms with Gasteiger partial charge in [0.25, 0.3) is 0 Å². The number of nitrogens with two attached hydrogens (primary N) is 1. The van der Waals surface area contributed by atoms with Crippen LogP contribution in [-0.2, 0) is 30.4 Å². The van der Waals surface area contributed by atoms with E-state index in [1.807, 2.05) is 30.3 Å². The second-order valence-electron chi connectivity index (χ2n) is 8.67. The monoisotopic (exact) mass is 474 g/mol. The third-order valence-corrected chi connectivity index (χ3v) is 6.27. The fraction of sp³-hybridized carbons (Fsp3) is 0.522. The highest BCUT2D eigenvalue weighted by atomic mass is 16.4. The number of hydrogen-bond acceptors (Lipinski definition) is 6. The Labute approximate surface area is 196 Å². The van der Waals surface area contributed by atoms with Gasteiger partial charge in [0.2, 0.25) is 17.7 Å².